The Morgan fingerprint density at radius 3 is 2.25 bits per heavy atom. The minimum Gasteiger partial charge on any atom is -0.497 e. The van der Waals surface area contributed by atoms with Crippen LogP contribution < -0.4 is 30.2 Å². The van der Waals surface area contributed by atoms with E-state index in [0.717, 1.165) is 17.1 Å². The number of rotatable bonds is 11. The first kappa shape index (κ1) is 24.8. The second-order valence-corrected chi connectivity index (χ2v) is 6.92. The summed E-state index contributed by atoms with van der Waals surface area (Å²) in [6.07, 6.45) is 0. The van der Waals surface area contributed by atoms with Crippen LogP contribution in [0.4, 0.5) is 0 Å². The summed E-state index contributed by atoms with van der Waals surface area (Å²) in [6, 6.07) is 12.9. The van der Waals surface area contributed by atoms with Crippen molar-refractivity contribution in [3.8, 4) is 17.2 Å². The van der Waals surface area contributed by atoms with Gasteiger partial charge in [-0.15, -0.1) is 0 Å². The molecule has 8 heteroatoms. The Hall–Kier alpha value is -3.42. The van der Waals surface area contributed by atoms with Crippen molar-refractivity contribution in [2.75, 3.05) is 40.5 Å². The van der Waals surface area contributed by atoms with E-state index in [1.807, 2.05) is 39.0 Å². The van der Waals surface area contributed by atoms with Crippen molar-refractivity contribution in [3.63, 3.8) is 0 Å². The molecule has 1 atom stereocenters. The van der Waals surface area contributed by atoms with E-state index in [0.29, 0.717) is 43.6 Å². The highest BCUT2D eigenvalue weighted by molar-refractivity contribution is 5.94. The molecule has 8 nitrogen and oxygen atoms in total. The van der Waals surface area contributed by atoms with Crippen molar-refractivity contribution < 1.29 is 19.0 Å². The molecule has 0 aliphatic carbocycles. The first-order valence-electron chi connectivity index (χ1n) is 10.8. The number of aliphatic imine (C=N–C) groups is 1. The van der Waals surface area contributed by atoms with Crippen molar-refractivity contribution in [2.45, 2.75) is 26.8 Å². The average Bonchev–Trinajstić information content (AvgIpc) is 2.82. The lowest BCUT2D eigenvalue weighted by Gasteiger charge is -2.20. The van der Waals surface area contributed by atoms with Gasteiger partial charge in [0.15, 0.2) is 17.5 Å². The zero-order chi connectivity index (χ0) is 23.3. The summed E-state index contributed by atoms with van der Waals surface area (Å²) in [7, 11) is 3.30. The molecule has 3 N–H and O–H groups in total. The molecule has 174 valence electrons. The Bertz CT molecular complexity index is 884. The number of nitrogens with zero attached hydrogens (tertiary/aromatic N) is 1. The van der Waals surface area contributed by atoms with Gasteiger partial charge in [0.05, 0.1) is 26.4 Å². The van der Waals surface area contributed by atoms with Crippen molar-refractivity contribution >= 4 is 11.9 Å². The van der Waals surface area contributed by atoms with Crippen LogP contribution in [0.3, 0.4) is 0 Å². The molecule has 1 amide bonds. The molecule has 2 rings (SSSR count). The fourth-order valence-electron chi connectivity index (χ4n) is 3.02. The Morgan fingerprint density at radius 2 is 1.62 bits per heavy atom. The molecule has 0 spiro atoms. The van der Waals surface area contributed by atoms with Gasteiger partial charge in [0.25, 0.3) is 5.91 Å². The van der Waals surface area contributed by atoms with E-state index in [1.165, 1.54) is 0 Å². The van der Waals surface area contributed by atoms with Gasteiger partial charge in [-0.25, -0.2) is 0 Å². The van der Waals surface area contributed by atoms with Crippen LogP contribution in [-0.4, -0.2) is 52.3 Å². The largest absolute Gasteiger partial charge is 0.497 e. The summed E-state index contributed by atoms with van der Waals surface area (Å²) in [6.45, 7) is 8.07. The van der Waals surface area contributed by atoms with Crippen LogP contribution in [0.25, 0.3) is 0 Å². The van der Waals surface area contributed by atoms with Gasteiger partial charge in [0, 0.05) is 25.7 Å². The molecule has 1 unspecified atom stereocenters. The highest BCUT2D eigenvalue weighted by Gasteiger charge is 2.12. The first-order chi connectivity index (χ1) is 15.5. The summed E-state index contributed by atoms with van der Waals surface area (Å²) >= 11 is 0. The van der Waals surface area contributed by atoms with Gasteiger partial charge in [-0.05, 0) is 62.7 Å². The number of guanidine groups is 1. The monoisotopic (exact) mass is 442 g/mol. The zero-order valence-electron chi connectivity index (χ0n) is 19.5. The third-order valence-corrected chi connectivity index (χ3v) is 4.70. The average molecular weight is 443 g/mol. The summed E-state index contributed by atoms with van der Waals surface area (Å²) in [5.74, 6) is 2.69. The van der Waals surface area contributed by atoms with Crippen molar-refractivity contribution in [2.24, 2.45) is 4.99 Å². The summed E-state index contributed by atoms with van der Waals surface area (Å²) in [5, 5.41) is 9.45. The van der Waals surface area contributed by atoms with Crippen LogP contribution in [0.2, 0.25) is 0 Å². The van der Waals surface area contributed by atoms with E-state index in [2.05, 4.69) is 20.9 Å². The van der Waals surface area contributed by atoms with Crippen LogP contribution in [0.15, 0.2) is 47.5 Å². The number of amides is 1. The second-order valence-electron chi connectivity index (χ2n) is 6.92. The fourth-order valence-corrected chi connectivity index (χ4v) is 3.02. The maximum absolute atomic E-state index is 12.2. The molecule has 0 saturated heterocycles. The molecule has 0 aliphatic heterocycles. The van der Waals surface area contributed by atoms with Gasteiger partial charge >= 0.3 is 0 Å². The zero-order valence-corrected chi connectivity index (χ0v) is 19.5. The predicted molar refractivity (Wildman–Crippen MR) is 127 cm³/mol. The number of hydrogen-bond acceptors (Lipinski definition) is 5. The Balaban J connectivity index is 1.85. The molecule has 0 aliphatic rings. The molecule has 0 bridgehead atoms. The topological polar surface area (TPSA) is 93.2 Å². The standard InChI is InChI=1S/C24H34N4O4/c1-6-31-21-13-10-19(16-22(21)32-7-2)17(3)28-24(25-4)27-15-14-26-23(29)18-8-11-20(30-5)12-9-18/h8-13,16-17H,6-7,14-15H2,1-5H3,(H,26,29)(H2,25,27,28). The molecule has 0 aromatic heterocycles. The molecule has 2 aromatic carbocycles. The molecule has 0 saturated carbocycles. The number of hydrogen-bond donors (Lipinski definition) is 3. The number of methoxy groups -OCH3 is 1. The van der Waals surface area contributed by atoms with Crippen molar-refractivity contribution in [1.82, 2.24) is 16.0 Å². The van der Waals surface area contributed by atoms with Gasteiger partial charge < -0.3 is 30.2 Å². The third-order valence-electron chi connectivity index (χ3n) is 4.70. The van der Waals surface area contributed by atoms with Gasteiger partial charge in [-0.2, -0.15) is 0 Å². The molecule has 0 heterocycles. The maximum atomic E-state index is 12.2. The first-order valence-corrected chi connectivity index (χ1v) is 10.8. The summed E-state index contributed by atoms with van der Waals surface area (Å²) in [5.41, 5.74) is 1.63. The summed E-state index contributed by atoms with van der Waals surface area (Å²) in [4.78, 5) is 16.5. The van der Waals surface area contributed by atoms with Crippen LogP contribution in [0.1, 0.15) is 42.7 Å². The molecule has 32 heavy (non-hydrogen) atoms. The molecular formula is C24H34N4O4. The Labute approximate surface area is 190 Å². The third kappa shape index (κ3) is 7.37. The molecular weight excluding hydrogens is 408 g/mol. The lowest BCUT2D eigenvalue weighted by molar-refractivity contribution is 0.0954. The number of ether oxygens (including phenoxy) is 3. The number of nitrogens with one attached hydrogen (secondary N) is 3. The summed E-state index contributed by atoms with van der Waals surface area (Å²) < 4.78 is 16.5. The lowest BCUT2D eigenvalue weighted by atomic mass is 10.1. The van der Waals surface area contributed by atoms with E-state index in [-0.39, 0.29) is 11.9 Å². The minimum atomic E-state index is -0.136. The van der Waals surface area contributed by atoms with E-state index >= 15 is 0 Å². The highest BCUT2D eigenvalue weighted by atomic mass is 16.5. The van der Waals surface area contributed by atoms with Crippen LogP contribution in [0, 0.1) is 0 Å². The quantitative estimate of drug-likeness (QED) is 0.281. The maximum Gasteiger partial charge on any atom is 0.251 e. The fraction of sp³-hybridized carbons (Fsp3) is 0.417. The van der Waals surface area contributed by atoms with Crippen LogP contribution in [-0.2, 0) is 0 Å². The normalized spacial score (nSPS) is 12.0. The second kappa shape index (κ2) is 13.1. The van der Waals surface area contributed by atoms with Crippen molar-refractivity contribution in [3.05, 3.63) is 53.6 Å². The number of carbonyl (C=O) groups is 1. The van der Waals surface area contributed by atoms with Crippen LogP contribution >= 0.6 is 0 Å². The van der Waals surface area contributed by atoms with Gasteiger partial charge in [-0.1, -0.05) is 6.07 Å². The van der Waals surface area contributed by atoms with Gasteiger partial charge in [0.2, 0.25) is 0 Å². The van der Waals surface area contributed by atoms with Crippen LogP contribution in [0.5, 0.6) is 17.2 Å². The highest BCUT2D eigenvalue weighted by Crippen LogP contribution is 2.30. The lowest BCUT2D eigenvalue weighted by Crippen LogP contribution is -2.42. The van der Waals surface area contributed by atoms with Gasteiger partial charge in [0.1, 0.15) is 5.75 Å². The Kier molecular flexibility index (Phi) is 10.2. The van der Waals surface area contributed by atoms with E-state index in [1.54, 1.807) is 38.4 Å². The molecule has 0 radical (unpaired) electrons. The smallest absolute Gasteiger partial charge is 0.251 e. The minimum absolute atomic E-state index is 0.00928. The SMILES string of the molecule is CCOc1ccc(C(C)NC(=NC)NCCNC(=O)c2ccc(OC)cc2)cc1OCC. The Morgan fingerprint density at radius 1 is 0.969 bits per heavy atom. The van der Waals surface area contributed by atoms with E-state index in [4.69, 9.17) is 14.2 Å². The number of benzene rings is 2. The van der Waals surface area contributed by atoms with Gasteiger partial charge in [-0.3, -0.25) is 9.79 Å². The predicted octanol–water partition coefficient (Wildman–Crippen LogP) is 3.15. The number of carbonyl (C=O) groups excluding carboxylic acids is 1. The van der Waals surface area contributed by atoms with E-state index < -0.39 is 0 Å². The van der Waals surface area contributed by atoms with Crippen molar-refractivity contribution in [1.29, 1.82) is 0 Å². The molecule has 0 fully saturated rings. The van der Waals surface area contributed by atoms with E-state index in [9.17, 15) is 4.79 Å². The molecule has 2 aromatic rings.